The molecule has 9 heteroatoms. The van der Waals surface area contributed by atoms with Crippen LogP contribution >= 0.6 is 0 Å². The third-order valence-electron chi connectivity index (χ3n) is 4.92. The highest BCUT2D eigenvalue weighted by Crippen LogP contribution is 2.30. The Morgan fingerprint density at radius 1 is 0.906 bits per heavy atom. The van der Waals surface area contributed by atoms with Crippen LogP contribution in [0, 0.1) is 11.3 Å². The number of imidazole rings is 1. The molecule has 5 rings (SSSR count). The number of fused-ring (bicyclic) bond motifs is 1. The number of anilines is 2. The molecule has 0 aliphatic rings. The van der Waals surface area contributed by atoms with Gasteiger partial charge in [-0.15, -0.1) is 0 Å². The first-order chi connectivity index (χ1) is 15.7. The third kappa shape index (κ3) is 3.57. The van der Waals surface area contributed by atoms with E-state index in [2.05, 4.69) is 25.3 Å². The first-order valence-corrected chi connectivity index (χ1v) is 9.83. The zero-order valence-corrected chi connectivity index (χ0v) is 16.8. The van der Waals surface area contributed by atoms with Gasteiger partial charge in [0.25, 0.3) is 0 Å². The SMILES string of the molecule is N#Cc1nccc(NCc2ccc(-n3c(-c4cccnc4N)nc4cccnc43)cc2)n1. The van der Waals surface area contributed by atoms with E-state index in [1.807, 2.05) is 59.2 Å². The van der Waals surface area contributed by atoms with Gasteiger partial charge in [-0.1, -0.05) is 12.1 Å². The molecule has 0 amide bonds. The monoisotopic (exact) mass is 419 g/mol. The van der Waals surface area contributed by atoms with E-state index in [-0.39, 0.29) is 5.82 Å². The molecule has 154 valence electrons. The van der Waals surface area contributed by atoms with E-state index in [0.717, 1.165) is 28.0 Å². The Balaban J connectivity index is 1.49. The normalized spacial score (nSPS) is 10.7. The highest BCUT2D eigenvalue weighted by Gasteiger charge is 2.17. The van der Waals surface area contributed by atoms with Gasteiger partial charge in [-0.05, 0) is 48.0 Å². The maximum atomic E-state index is 8.94. The molecular weight excluding hydrogens is 402 g/mol. The van der Waals surface area contributed by atoms with Crippen molar-refractivity contribution in [1.29, 1.82) is 5.26 Å². The number of hydrogen-bond donors (Lipinski definition) is 2. The molecule has 0 spiro atoms. The summed E-state index contributed by atoms with van der Waals surface area (Å²) in [6.45, 7) is 0.549. The lowest BCUT2D eigenvalue weighted by molar-refractivity contribution is 1.05. The summed E-state index contributed by atoms with van der Waals surface area (Å²) in [6, 6.07) is 19.2. The standard InChI is InChI=1S/C23H17N9/c24-13-20-26-12-9-19(31-20)29-14-15-5-7-16(8-6-15)32-22(17-3-1-10-27-21(17)25)30-18-4-2-11-28-23(18)32/h1-12H,14H2,(H2,25,27)(H,26,29,31). The van der Waals surface area contributed by atoms with Gasteiger partial charge < -0.3 is 11.1 Å². The Labute approximate surface area is 183 Å². The molecule has 0 atom stereocenters. The fourth-order valence-corrected chi connectivity index (χ4v) is 3.41. The van der Waals surface area contributed by atoms with Crippen LogP contribution in [0.5, 0.6) is 0 Å². The summed E-state index contributed by atoms with van der Waals surface area (Å²) in [5, 5.41) is 12.1. The number of nitriles is 1. The number of benzene rings is 1. The van der Waals surface area contributed by atoms with E-state index in [1.165, 1.54) is 0 Å². The smallest absolute Gasteiger partial charge is 0.234 e. The molecule has 0 unspecified atom stereocenters. The van der Waals surface area contributed by atoms with E-state index >= 15 is 0 Å². The molecule has 9 nitrogen and oxygen atoms in total. The van der Waals surface area contributed by atoms with Crippen molar-refractivity contribution >= 4 is 22.8 Å². The summed E-state index contributed by atoms with van der Waals surface area (Å²) in [5.41, 5.74) is 10.3. The molecule has 0 aliphatic carbocycles. The number of nitrogens with zero attached hydrogens (tertiary/aromatic N) is 7. The van der Waals surface area contributed by atoms with Crippen LogP contribution in [-0.4, -0.2) is 29.5 Å². The summed E-state index contributed by atoms with van der Waals surface area (Å²) in [5.74, 6) is 1.82. The minimum Gasteiger partial charge on any atom is -0.383 e. The molecular formula is C23H17N9. The van der Waals surface area contributed by atoms with Gasteiger partial charge in [0.1, 0.15) is 23.2 Å². The van der Waals surface area contributed by atoms with Crippen molar-refractivity contribution in [2.45, 2.75) is 6.54 Å². The molecule has 0 fully saturated rings. The van der Waals surface area contributed by atoms with E-state index in [1.54, 1.807) is 24.7 Å². The summed E-state index contributed by atoms with van der Waals surface area (Å²) in [4.78, 5) is 21.5. The van der Waals surface area contributed by atoms with Gasteiger partial charge in [0.2, 0.25) is 5.82 Å². The van der Waals surface area contributed by atoms with Crippen LogP contribution in [0.15, 0.2) is 73.2 Å². The predicted molar refractivity (Wildman–Crippen MR) is 121 cm³/mol. The van der Waals surface area contributed by atoms with Crippen LogP contribution in [-0.2, 0) is 6.54 Å². The maximum absolute atomic E-state index is 8.94. The van der Waals surface area contributed by atoms with Crippen molar-refractivity contribution in [3.63, 3.8) is 0 Å². The first-order valence-electron chi connectivity index (χ1n) is 9.83. The summed E-state index contributed by atoms with van der Waals surface area (Å²) < 4.78 is 1.98. The number of nitrogens with two attached hydrogens (primary N) is 1. The van der Waals surface area contributed by atoms with Gasteiger partial charge in [0.15, 0.2) is 11.5 Å². The van der Waals surface area contributed by atoms with Crippen molar-refractivity contribution in [1.82, 2.24) is 29.5 Å². The lowest BCUT2D eigenvalue weighted by Gasteiger charge is -2.11. The van der Waals surface area contributed by atoms with Crippen LogP contribution in [0.2, 0.25) is 0 Å². The van der Waals surface area contributed by atoms with Gasteiger partial charge in [0, 0.05) is 30.8 Å². The Hall–Kier alpha value is -4.84. The number of nitrogen functional groups attached to an aromatic ring is 1. The van der Waals surface area contributed by atoms with E-state index in [0.29, 0.717) is 24.0 Å². The molecule has 4 aromatic heterocycles. The van der Waals surface area contributed by atoms with Gasteiger partial charge in [-0.3, -0.25) is 4.57 Å². The van der Waals surface area contributed by atoms with Crippen molar-refractivity contribution in [2.24, 2.45) is 0 Å². The summed E-state index contributed by atoms with van der Waals surface area (Å²) in [6.07, 6.45) is 4.95. The number of rotatable bonds is 5. The van der Waals surface area contributed by atoms with Crippen LogP contribution in [0.25, 0.3) is 28.2 Å². The first kappa shape index (κ1) is 19.1. The summed E-state index contributed by atoms with van der Waals surface area (Å²) >= 11 is 0. The van der Waals surface area contributed by atoms with Crippen molar-refractivity contribution in [2.75, 3.05) is 11.1 Å². The van der Waals surface area contributed by atoms with Crippen LogP contribution < -0.4 is 11.1 Å². The van der Waals surface area contributed by atoms with Crippen LogP contribution in [0.4, 0.5) is 11.6 Å². The average Bonchev–Trinajstić information content (AvgIpc) is 3.23. The second-order valence-electron chi connectivity index (χ2n) is 6.95. The van der Waals surface area contributed by atoms with Crippen molar-refractivity contribution in [3.8, 4) is 23.1 Å². The van der Waals surface area contributed by atoms with E-state index in [4.69, 9.17) is 16.0 Å². The zero-order chi connectivity index (χ0) is 21.9. The number of pyridine rings is 2. The fraction of sp³-hybridized carbons (Fsp3) is 0.0435. The minimum atomic E-state index is 0.132. The Bertz CT molecular complexity index is 1450. The summed E-state index contributed by atoms with van der Waals surface area (Å²) in [7, 11) is 0. The second-order valence-corrected chi connectivity index (χ2v) is 6.95. The second kappa shape index (κ2) is 8.12. The number of hydrogen-bond acceptors (Lipinski definition) is 8. The quantitative estimate of drug-likeness (QED) is 0.443. The molecule has 4 heterocycles. The Morgan fingerprint density at radius 3 is 2.53 bits per heavy atom. The highest BCUT2D eigenvalue weighted by atomic mass is 15.1. The van der Waals surface area contributed by atoms with Gasteiger partial charge in [-0.25, -0.2) is 24.9 Å². The predicted octanol–water partition coefficient (Wildman–Crippen LogP) is 3.34. The van der Waals surface area contributed by atoms with Crippen molar-refractivity contribution in [3.05, 3.63) is 84.6 Å². The molecule has 3 N–H and O–H groups in total. The molecule has 5 aromatic rings. The fourth-order valence-electron chi connectivity index (χ4n) is 3.41. The molecule has 0 saturated carbocycles. The average molecular weight is 419 g/mol. The molecule has 0 bridgehead atoms. The number of nitrogens with one attached hydrogen (secondary N) is 1. The Kier molecular flexibility index (Phi) is 4.86. The van der Waals surface area contributed by atoms with Crippen molar-refractivity contribution < 1.29 is 0 Å². The molecule has 1 aromatic carbocycles. The molecule has 0 radical (unpaired) electrons. The largest absolute Gasteiger partial charge is 0.383 e. The zero-order valence-electron chi connectivity index (χ0n) is 16.8. The van der Waals surface area contributed by atoms with E-state index < -0.39 is 0 Å². The van der Waals surface area contributed by atoms with Gasteiger partial charge in [-0.2, -0.15) is 5.26 Å². The molecule has 32 heavy (non-hydrogen) atoms. The number of aromatic nitrogens is 6. The minimum absolute atomic E-state index is 0.132. The van der Waals surface area contributed by atoms with Gasteiger partial charge in [0.05, 0.1) is 5.56 Å². The third-order valence-corrected chi connectivity index (χ3v) is 4.92. The molecule has 0 aliphatic heterocycles. The topological polar surface area (TPSA) is 131 Å². The van der Waals surface area contributed by atoms with Gasteiger partial charge >= 0.3 is 0 Å². The lowest BCUT2D eigenvalue weighted by atomic mass is 10.2. The van der Waals surface area contributed by atoms with Crippen LogP contribution in [0.1, 0.15) is 11.4 Å². The molecule has 0 saturated heterocycles. The lowest BCUT2D eigenvalue weighted by Crippen LogP contribution is -2.04. The van der Waals surface area contributed by atoms with E-state index in [9.17, 15) is 0 Å². The maximum Gasteiger partial charge on any atom is 0.234 e. The Morgan fingerprint density at radius 2 is 1.72 bits per heavy atom. The highest BCUT2D eigenvalue weighted by molar-refractivity contribution is 5.82. The van der Waals surface area contributed by atoms with Crippen LogP contribution in [0.3, 0.4) is 0 Å².